The van der Waals surface area contributed by atoms with E-state index < -0.39 is 15.3 Å². The average Bonchev–Trinajstić information content (AvgIpc) is 3.21. The molecule has 4 rings (SSSR count). The first-order chi connectivity index (χ1) is 15.8. The number of carbonyl (C=O) groups excluding carboxylic acids is 1. The highest BCUT2D eigenvalue weighted by Gasteiger charge is 2.19. The number of anilines is 2. The van der Waals surface area contributed by atoms with Gasteiger partial charge in [0.15, 0.2) is 5.16 Å². The van der Waals surface area contributed by atoms with Gasteiger partial charge in [-0.05, 0) is 49.4 Å². The number of sulfonamides is 1. The van der Waals surface area contributed by atoms with Crippen LogP contribution < -0.4 is 14.8 Å². The number of amides is 1. The van der Waals surface area contributed by atoms with Gasteiger partial charge in [-0.2, -0.15) is 0 Å². The lowest BCUT2D eigenvalue weighted by Crippen LogP contribution is -2.22. The van der Waals surface area contributed by atoms with Crippen LogP contribution in [0, 0.1) is 0 Å². The Morgan fingerprint density at radius 2 is 1.85 bits per heavy atom. The van der Waals surface area contributed by atoms with Crippen molar-refractivity contribution in [1.82, 2.24) is 19.9 Å². The summed E-state index contributed by atoms with van der Waals surface area (Å²) in [6, 6.07) is 12.9. The average molecular weight is 485 g/mol. The number of thioether (sulfide) groups is 1. The summed E-state index contributed by atoms with van der Waals surface area (Å²) >= 11 is 1.28. The van der Waals surface area contributed by atoms with Crippen LogP contribution in [0.4, 0.5) is 11.6 Å². The summed E-state index contributed by atoms with van der Waals surface area (Å²) in [5.41, 5.74) is 2.06. The molecule has 1 atom stereocenters. The molecule has 0 fully saturated rings. The van der Waals surface area contributed by atoms with Crippen molar-refractivity contribution in [2.24, 2.45) is 0 Å². The summed E-state index contributed by atoms with van der Waals surface area (Å²) in [6.07, 6.45) is 2.87. The molecule has 0 saturated heterocycles. The minimum Gasteiger partial charge on any atom is -0.497 e. The van der Waals surface area contributed by atoms with Gasteiger partial charge < -0.3 is 15.0 Å². The minimum absolute atomic E-state index is 0.0214. The lowest BCUT2D eigenvalue weighted by molar-refractivity contribution is -0.115. The van der Waals surface area contributed by atoms with Crippen LogP contribution in [0.5, 0.6) is 5.75 Å². The Morgan fingerprint density at radius 3 is 2.55 bits per heavy atom. The second-order valence-electron chi connectivity index (χ2n) is 6.88. The number of hydrogen-bond donors (Lipinski definition) is 3. The minimum atomic E-state index is -3.85. The van der Waals surface area contributed by atoms with Gasteiger partial charge >= 0.3 is 0 Å². The van der Waals surface area contributed by atoms with Crippen molar-refractivity contribution in [3.63, 3.8) is 0 Å². The van der Waals surface area contributed by atoms with Crippen molar-refractivity contribution >= 4 is 50.4 Å². The van der Waals surface area contributed by atoms with E-state index in [1.165, 1.54) is 48.4 Å². The number of hydrogen-bond acceptors (Lipinski definition) is 8. The second kappa shape index (κ2) is 9.46. The third-order valence-electron chi connectivity index (χ3n) is 4.55. The van der Waals surface area contributed by atoms with E-state index in [1.54, 1.807) is 20.1 Å². The molecule has 3 N–H and O–H groups in total. The van der Waals surface area contributed by atoms with Gasteiger partial charge in [-0.3, -0.25) is 4.79 Å². The van der Waals surface area contributed by atoms with Gasteiger partial charge in [0.25, 0.3) is 10.0 Å². The Labute approximate surface area is 194 Å². The molecule has 0 saturated carbocycles. The smallest absolute Gasteiger partial charge is 0.264 e. The van der Waals surface area contributed by atoms with E-state index in [0.29, 0.717) is 16.6 Å². The van der Waals surface area contributed by atoms with Crippen molar-refractivity contribution in [3.05, 3.63) is 60.9 Å². The third-order valence-corrected chi connectivity index (χ3v) is 6.88. The summed E-state index contributed by atoms with van der Waals surface area (Å²) in [6.45, 7) is 1.76. The maximum atomic E-state index is 12.6. The number of imidazole rings is 1. The van der Waals surface area contributed by atoms with E-state index in [4.69, 9.17) is 4.74 Å². The first-order valence-electron chi connectivity index (χ1n) is 9.75. The third kappa shape index (κ3) is 5.41. The zero-order chi connectivity index (χ0) is 23.4. The normalized spacial score (nSPS) is 12.3. The van der Waals surface area contributed by atoms with Crippen molar-refractivity contribution in [3.8, 4) is 5.75 Å². The standard InChI is InChI=1S/C21H20N6O4S2/c1-13(32-21-25-17-9-6-15(31-2)12-18(17)26-21)19(28)24-14-4-7-16(8-5-14)33(29,30)27-20-22-10-3-11-23-20/h3-13H,1-2H3,(H,24,28)(H,25,26)(H,22,23,27). The van der Waals surface area contributed by atoms with Crippen LogP contribution >= 0.6 is 11.8 Å². The molecular weight excluding hydrogens is 464 g/mol. The summed E-state index contributed by atoms with van der Waals surface area (Å²) < 4.78 is 32.4. The summed E-state index contributed by atoms with van der Waals surface area (Å²) in [4.78, 5) is 28.0. The molecule has 0 aliphatic rings. The predicted octanol–water partition coefficient (Wildman–Crippen LogP) is 3.28. The molecule has 0 aliphatic heterocycles. The number of methoxy groups -OCH3 is 1. The molecule has 170 valence electrons. The van der Waals surface area contributed by atoms with Gasteiger partial charge in [0.2, 0.25) is 11.9 Å². The summed E-state index contributed by atoms with van der Waals surface area (Å²) in [5, 5.41) is 2.94. The molecule has 1 amide bonds. The van der Waals surface area contributed by atoms with E-state index in [0.717, 1.165) is 11.0 Å². The number of nitrogens with one attached hydrogen (secondary N) is 3. The van der Waals surface area contributed by atoms with E-state index in [1.807, 2.05) is 18.2 Å². The first-order valence-corrected chi connectivity index (χ1v) is 12.1. The molecule has 33 heavy (non-hydrogen) atoms. The molecule has 1 unspecified atom stereocenters. The largest absolute Gasteiger partial charge is 0.497 e. The molecule has 0 spiro atoms. The van der Waals surface area contributed by atoms with Crippen LogP contribution in [0.15, 0.2) is 71.0 Å². The van der Waals surface area contributed by atoms with Crippen LogP contribution in [0.1, 0.15) is 6.92 Å². The lowest BCUT2D eigenvalue weighted by atomic mass is 10.3. The van der Waals surface area contributed by atoms with Gasteiger partial charge in [0.05, 0.1) is 28.3 Å². The second-order valence-corrected chi connectivity index (χ2v) is 9.89. The van der Waals surface area contributed by atoms with E-state index in [-0.39, 0.29) is 16.8 Å². The van der Waals surface area contributed by atoms with E-state index in [2.05, 4.69) is 30.0 Å². The highest BCUT2D eigenvalue weighted by Crippen LogP contribution is 2.26. The molecule has 10 nitrogen and oxygen atoms in total. The molecular formula is C21H20N6O4S2. The molecule has 2 aromatic heterocycles. The van der Waals surface area contributed by atoms with Gasteiger partial charge in [-0.15, -0.1) is 0 Å². The number of H-pyrrole nitrogens is 1. The summed E-state index contributed by atoms with van der Waals surface area (Å²) in [7, 11) is -2.25. The zero-order valence-electron chi connectivity index (χ0n) is 17.6. The maximum absolute atomic E-state index is 12.6. The van der Waals surface area contributed by atoms with Gasteiger partial charge in [-0.25, -0.2) is 28.1 Å². The number of rotatable bonds is 8. The fraction of sp³-hybridized carbons (Fsp3) is 0.143. The van der Waals surface area contributed by atoms with Crippen LogP contribution in [-0.4, -0.2) is 46.6 Å². The Morgan fingerprint density at radius 1 is 1.12 bits per heavy atom. The first kappa shape index (κ1) is 22.6. The fourth-order valence-electron chi connectivity index (χ4n) is 2.86. The highest BCUT2D eigenvalue weighted by atomic mass is 32.2. The maximum Gasteiger partial charge on any atom is 0.264 e. The van der Waals surface area contributed by atoms with Gasteiger partial charge in [-0.1, -0.05) is 11.8 Å². The molecule has 4 aromatic rings. The number of benzene rings is 2. The van der Waals surface area contributed by atoms with Crippen LogP contribution in [0.3, 0.4) is 0 Å². The number of aromatic amines is 1. The number of aromatic nitrogens is 4. The van der Waals surface area contributed by atoms with E-state index >= 15 is 0 Å². The number of fused-ring (bicyclic) bond motifs is 1. The van der Waals surface area contributed by atoms with Crippen molar-refractivity contribution in [2.45, 2.75) is 22.2 Å². The Balaban J connectivity index is 1.39. The van der Waals surface area contributed by atoms with Gasteiger partial charge in [0.1, 0.15) is 5.75 Å². The van der Waals surface area contributed by atoms with Crippen molar-refractivity contribution in [1.29, 1.82) is 0 Å². The molecule has 0 radical (unpaired) electrons. The molecule has 0 aliphatic carbocycles. The molecule has 2 heterocycles. The van der Waals surface area contributed by atoms with Crippen molar-refractivity contribution < 1.29 is 17.9 Å². The van der Waals surface area contributed by atoms with Crippen molar-refractivity contribution in [2.75, 3.05) is 17.1 Å². The summed E-state index contributed by atoms with van der Waals surface area (Å²) in [5.74, 6) is 0.444. The Kier molecular flexibility index (Phi) is 6.47. The highest BCUT2D eigenvalue weighted by molar-refractivity contribution is 8.00. The molecule has 2 aromatic carbocycles. The van der Waals surface area contributed by atoms with Crippen LogP contribution in [-0.2, 0) is 14.8 Å². The van der Waals surface area contributed by atoms with Crippen LogP contribution in [0.2, 0.25) is 0 Å². The Bertz CT molecular complexity index is 1380. The van der Waals surface area contributed by atoms with Crippen LogP contribution in [0.25, 0.3) is 11.0 Å². The topological polar surface area (TPSA) is 139 Å². The SMILES string of the molecule is COc1ccc2nc(SC(C)C(=O)Nc3ccc(S(=O)(=O)Nc4ncccn4)cc3)[nH]c2c1. The quantitative estimate of drug-likeness (QED) is 0.324. The lowest BCUT2D eigenvalue weighted by Gasteiger charge is -2.11. The zero-order valence-corrected chi connectivity index (χ0v) is 19.3. The molecule has 12 heteroatoms. The number of ether oxygens (including phenoxy) is 1. The monoisotopic (exact) mass is 484 g/mol. The van der Waals surface area contributed by atoms with Gasteiger partial charge in [0, 0.05) is 24.1 Å². The van der Waals surface area contributed by atoms with E-state index in [9.17, 15) is 13.2 Å². The molecule has 0 bridgehead atoms. The number of nitrogens with zero attached hydrogens (tertiary/aromatic N) is 3. The predicted molar refractivity (Wildman–Crippen MR) is 126 cm³/mol. The number of carbonyl (C=O) groups is 1. The Hall–Kier alpha value is -3.64. The fourth-order valence-corrected chi connectivity index (χ4v) is 4.64.